The second kappa shape index (κ2) is 10.3. The van der Waals surface area contributed by atoms with Gasteiger partial charge in [-0.25, -0.2) is 10.3 Å². The Bertz CT molecular complexity index is 804. The lowest BCUT2D eigenvalue weighted by atomic mass is 9.89. The molecular formula is C23H32N4O5. The number of carbonyl (C=O) groups excluding carboxylic acids is 3. The molecule has 0 aromatic heterocycles. The molecule has 3 aliphatic heterocycles. The smallest absolute Gasteiger partial charge is 0.410 e. The van der Waals surface area contributed by atoms with Gasteiger partial charge in [0, 0.05) is 26.2 Å². The molecule has 3 N–H and O–H groups in total. The second-order valence-corrected chi connectivity index (χ2v) is 8.88. The summed E-state index contributed by atoms with van der Waals surface area (Å²) in [6.45, 7) is 2.36. The van der Waals surface area contributed by atoms with E-state index in [2.05, 4.69) is 29.6 Å². The number of carbonyl (C=O) groups is 3. The van der Waals surface area contributed by atoms with Gasteiger partial charge in [-0.3, -0.25) is 19.7 Å². The van der Waals surface area contributed by atoms with Crippen LogP contribution in [0.2, 0.25) is 0 Å². The normalized spacial score (nSPS) is 26.6. The van der Waals surface area contributed by atoms with E-state index in [0.29, 0.717) is 44.7 Å². The zero-order chi connectivity index (χ0) is 22.5. The van der Waals surface area contributed by atoms with Crippen molar-refractivity contribution in [2.24, 2.45) is 0 Å². The molecule has 0 spiro atoms. The summed E-state index contributed by atoms with van der Waals surface area (Å²) in [5.74, 6) is 0.0362. The molecule has 9 nitrogen and oxygen atoms in total. The highest BCUT2D eigenvalue weighted by Gasteiger charge is 2.37. The number of likely N-dealkylation sites (tertiary alicyclic amines) is 2. The average molecular weight is 445 g/mol. The van der Waals surface area contributed by atoms with Gasteiger partial charge in [0.1, 0.15) is 12.1 Å². The van der Waals surface area contributed by atoms with Crippen LogP contribution in [-0.4, -0.2) is 77.3 Å². The minimum absolute atomic E-state index is 0.125. The molecule has 0 radical (unpaired) electrons. The van der Waals surface area contributed by atoms with Crippen molar-refractivity contribution in [3.63, 3.8) is 0 Å². The number of hydrogen-bond donors (Lipinski definition) is 3. The zero-order valence-electron chi connectivity index (χ0n) is 18.2. The number of piperidine rings is 2. The van der Waals surface area contributed by atoms with Crippen LogP contribution in [0.15, 0.2) is 30.3 Å². The Morgan fingerprint density at radius 1 is 1.00 bits per heavy atom. The van der Waals surface area contributed by atoms with Gasteiger partial charge in [0.05, 0.1) is 6.04 Å². The number of amides is 3. The first-order chi connectivity index (χ1) is 15.6. The van der Waals surface area contributed by atoms with E-state index in [1.807, 2.05) is 11.0 Å². The van der Waals surface area contributed by atoms with Crippen molar-refractivity contribution in [3.05, 3.63) is 35.9 Å². The van der Waals surface area contributed by atoms with Crippen molar-refractivity contribution >= 4 is 17.9 Å². The number of nitrogens with zero attached hydrogens (tertiary/aromatic N) is 2. The van der Waals surface area contributed by atoms with Crippen molar-refractivity contribution in [2.45, 2.75) is 62.6 Å². The van der Waals surface area contributed by atoms with Gasteiger partial charge in [-0.05, 0) is 50.0 Å². The van der Waals surface area contributed by atoms with E-state index < -0.39 is 18.0 Å². The van der Waals surface area contributed by atoms with Crippen LogP contribution in [0.5, 0.6) is 0 Å². The highest BCUT2D eigenvalue weighted by Crippen LogP contribution is 2.28. The minimum atomic E-state index is -0.697. The van der Waals surface area contributed by atoms with Crippen LogP contribution in [0.25, 0.3) is 0 Å². The topological polar surface area (TPSA) is 111 Å². The van der Waals surface area contributed by atoms with E-state index in [1.54, 1.807) is 5.48 Å². The molecule has 3 aliphatic rings. The van der Waals surface area contributed by atoms with E-state index >= 15 is 0 Å². The van der Waals surface area contributed by atoms with Gasteiger partial charge in [0.2, 0.25) is 5.91 Å². The lowest BCUT2D eigenvalue weighted by molar-refractivity contribution is -0.136. The Balaban J connectivity index is 1.21. The van der Waals surface area contributed by atoms with E-state index in [-0.39, 0.29) is 18.1 Å². The average Bonchev–Trinajstić information content (AvgIpc) is 3.34. The molecule has 1 aromatic rings. The number of hydroxylamine groups is 1. The largest absolute Gasteiger partial charge is 0.445 e. The lowest BCUT2D eigenvalue weighted by Gasteiger charge is -2.37. The van der Waals surface area contributed by atoms with E-state index in [9.17, 15) is 14.4 Å². The molecule has 0 bridgehead atoms. The van der Waals surface area contributed by atoms with Gasteiger partial charge >= 0.3 is 6.09 Å². The van der Waals surface area contributed by atoms with E-state index in [1.165, 1.54) is 10.5 Å². The predicted molar refractivity (Wildman–Crippen MR) is 116 cm³/mol. The Kier molecular flexibility index (Phi) is 7.26. The Morgan fingerprint density at radius 3 is 2.41 bits per heavy atom. The minimum Gasteiger partial charge on any atom is -0.445 e. The first-order valence-corrected chi connectivity index (χ1v) is 11.5. The first kappa shape index (κ1) is 22.5. The molecule has 32 heavy (non-hydrogen) atoms. The maximum absolute atomic E-state index is 13.0. The van der Waals surface area contributed by atoms with Crippen LogP contribution >= 0.6 is 0 Å². The van der Waals surface area contributed by atoms with Crippen LogP contribution in [-0.2, 0) is 14.3 Å². The molecule has 3 saturated heterocycles. The molecule has 3 heterocycles. The van der Waals surface area contributed by atoms with Gasteiger partial charge in [-0.15, -0.1) is 0 Å². The van der Waals surface area contributed by atoms with E-state index in [0.717, 1.165) is 25.9 Å². The van der Waals surface area contributed by atoms with Crippen LogP contribution in [0.1, 0.15) is 50.0 Å². The second-order valence-electron chi connectivity index (χ2n) is 8.88. The molecule has 9 heteroatoms. The number of benzene rings is 1. The number of ether oxygens (including phenoxy) is 1. The van der Waals surface area contributed by atoms with Crippen molar-refractivity contribution in [1.29, 1.82) is 0 Å². The number of hydrogen-bond acceptors (Lipinski definition) is 6. The standard InChI is InChI=1S/C23H32N4O5/c28-21(25-31)20-7-4-12-27(20)23(30)32-18-8-9-19(24-15-18)22(29)26-13-10-17(11-14-26)16-5-2-1-3-6-16/h1-3,5-6,17-20,24,31H,4,7-15H2,(H,25,28)/t18?,19-,20-/m0/s1. The summed E-state index contributed by atoms with van der Waals surface area (Å²) in [6, 6.07) is 9.52. The van der Waals surface area contributed by atoms with Gasteiger partial charge in [0.15, 0.2) is 0 Å². The Morgan fingerprint density at radius 2 is 1.75 bits per heavy atom. The summed E-state index contributed by atoms with van der Waals surface area (Å²) in [7, 11) is 0. The van der Waals surface area contributed by atoms with Crippen LogP contribution in [0, 0.1) is 0 Å². The molecule has 3 atom stereocenters. The van der Waals surface area contributed by atoms with Crippen LogP contribution in [0.4, 0.5) is 4.79 Å². The predicted octanol–water partition coefficient (Wildman–Crippen LogP) is 1.62. The zero-order valence-corrected chi connectivity index (χ0v) is 18.2. The maximum atomic E-state index is 13.0. The molecule has 0 saturated carbocycles. The SMILES string of the molecule is O=C(NO)[C@@H]1CCCN1C(=O)OC1CC[C@@H](C(=O)N2CCC(c3ccccc3)CC2)NC1. The fraction of sp³-hybridized carbons (Fsp3) is 0.609. The van der Waals surface area contributed by atoms with Crippen molar-refractivity contribution < 1.29 is 24.3 Å². The van der Waals surface area contributed by atoms with Crippen molar-refractivity contribution in [1.82, 2.24) is 20.6 Å². The molecule has 3 amide bonds. The number of nitrogens with one attached hydrogen (secondary N) is 2. The Hall–Kier alpha value is -2.65. The first-order valence-electron chi connectivity index (χ1n) is 11.5. The summed E-state index contributed by atoms with van der Waals surface area (Å²) in [6.07, 6.45) is 3.46. The van der Waals surface area contributed by atoms with Gasteiger partial charge < -0.3 is 15.0 Å². The highest BCUT2D eigenvalue weighted by atomic mass is 16.6. The number of rotatable bonds is 4. The molecule has 4 rings (SSSR count). The van der Waals surface area contributed by atoms with Gasteiger partial charge in [0.25, 0.3) is 5.91 Å². The van der Waals surface area contributed by atoms with E-state index in [4.69, 9.17) is 9.94 Å². The van der Waals surface area contributed by atoms with Crippen molar-refractivity contribution in [2.75, 3.05) is 26.2 Å². The van der Waals surface area contributed by atoms with Crippen molar-refractivity contribution in [3.8, 4) is 0 Å². The molecule has 0 aliphatic carbocycles. The fourth-order valence-corrected chi connectivity index (χ4v) is 5.06. The van der Waals surface area contributed by atoms with Gasteiger partial charge in [-0.2, -0.15) is 0 Å². The molecular weight excluding hydrogens is 412 g/mol. The molecule has 174 valence electrons. The summed E-state index contributed by atoms with van der Waals surface area (Å²) in [5.41, 5.74) is 2.96. The Labute approximate surface area is 188 Å². The molecule has 1 aromatic carbocycles. The third kappa shape index (κ3) is 5.05. The summed E-state index contributed by atoms with van der Waals surface area (Å²) in [5, 5.41) is 12.1. The molecule has 3 fully saturated rings. The maximum Gasteiger partial charge on any atom is 0.410 e. The summed E-state index contributed by atoms with van der Waals surface area (Å²) in [4.78, 5) is 40.5. The summed E-state index contributed by atoms with van der Waals surface area (Å²) < 4.78 is 5.57. The molecule has 1 unspecified atom stereocenters. The third-order valence-electron chi connectivity index (χ3n) is 6.91. The summed E-state index contributed by atoms with van der Waals surface area (Å²) >= 11 is 0. The van der Waals surface area contributed by atoms with Gasteiger partial charge in [-0.1, -0.05) is 30.3 Å². The highest BCUT2D eigenvalue weighted by molar-refractivity contribution is 5.85. The monoisotopic (exact) mass is 444 g/mol. The quantitative estimate of drug-likeness (QED) is 0.481. The third-order valence-corrected chi connectivity index (χ3v) is 6.91. The van der Waals surface area contributed by atoms with Crippen LogP contribution < -0.4 is 10.8 Å². The lowest BCUT2D eigenvalue weighted by Crippen LogP contribution is -2.54. The van der Waals surface area contributed by atoms with Crippen LogP contribution in [0.3, 0.4) is 0 Å². The fourth-order valence-electron chi connectivity index (χ4n) is 5.06.